The Hall–Kier alpha value is -1.05. The summed E-state index contributed by atoms with van der Waals surface area (Å²) in [7, 11) is 2.00. The highest BCUT2D eigenvalue weighted by molar-refractivity contribution is 9.10. The first kappa shape index (κ1) is 15.0. The van der Waals surface area contributed by atoms with Crippen LogP contribution in [-0.4, -0.2) is 19.6 Å². The van der Waals surface area contributed by atoms with E-state index in [9.17, 15) is 5.26 Å². The van der Waals surface area contributed by atoms with E-state index >= 15 is 0 Å². The minimum Gasteiger partial charge on any atom is -0.373 e. The number of halogens is 1. The van der Waals surface area contributed by atoms with Crippen molar-refractivity contribution >= 4 is 21.6 Å². The third kappa shape index (κ3) is 3.72. The van der Waals surface area contributed by atoms with Gasteiger partial charge in [-0.25, -0.2) is 0 Å². The van der Waals surface area contributed by atoms with Gasteiger partial charge in [0.05, 0.1) is 11.3 Å². The number of hydrogen-bond acceptors (Lipinski definition) is 3. The van der Waals surface area contributed by atoms with E-state index in [0.717, 1.165) is 23.1 Å². The lowest BCUT2D eigenvalue weighted by molar-refractivity contribution is 0.466. The number of hydrogen-bond donors (Lipinski definition) is 1. The van der Waals surface area contributed by atoms with E-state index in [1.165, 1.54) is 0 Å². The fraction of sp³-hybridized carbons (Fsp3) is 0.500. The predicted octanol–water partition coefficient (Wildman–Crippen LogP) is 3.13. The van der Waals surface area contributed by atoms with E-state index in [1.807, 2.05) is 25.2 Å². The van der Waals surface area contributed by atoms with Gasteiger partial charge in [0.25, 0.3) is 0 Å². The fourth-order valence-corrected chi connectivity index (χ4v) is 2.18. The Balaban J connectivity index is 2.76. The van der Waals surface area contributed by atoms with Gasteiger partial charge in [-0.1, -0.05) is 19.9 Å². The van der Waals surface area contributed by atoms with Crippen LogP contribution in [0.1, 0.15) is 25.8 Å². The summed E-state index contributed by atoms with van der Waals surface area (Å²) in [5.74, 6) is 0.483. The summed E-state index contributed by atoms with van der Waals surface area (Å²) >= 11 is 3.41. The molecule has 1 aromatic carbocycles. The predicted molar refractivity (Wildman–Crippen MR) is 79.6 cm³/mol. The lowest BCUT2D eigenvalue weighted by Gasteiger charge is -2.24. The number of nitrogens with zero attached hydrogens (tertiary/aromatic N) is 2. The van der Waals surface area contributed by atoms with E-state index in [0.29, 0.717) is 11.5 Å². The van der Waals surface area contributed by atoms with Crippen LogP contribution in [0.4, 0.5) is 5.69 Å². The van der Waals surface area contributed by atoms with Crippen molar-refractivity contribution in [2.75, 3.05) is 18.5 Å². The van der Waals surface area contributed by atoms with Gasteiger partial charge in [-0.3, -0.25) is 0 Å². The second-order valence-corrected chi connectivity index (χ2v) is 5.72. The largest absolute Gasteiger partial charge is 0.373 e. The third-order valence-corrected chi connectivity index (χ3v) is 3.83. The van der Waals surface area contributed by atoms with Crippen molar-refractivity contribution in [3.05, 3.63) is 28.2 Å². The molecule has 0 bridgehead atoms. The summed E-state index contributed by atoms with van der Waals surface area (Å²) in [6.45, 7) is 5.11. The van der Waals surface area contributed by atoms with Crippen molar-refractivity contribution in [1.82, 2.24) is 0 Å². The highest BCUT2D eigenvalue weighted by atomic mass is 79.9. The van der Waals surface area contributed by atoms with Gasteiger partial charge in [0.2, 0.25) is 0 Å². The molecule has 18 heavy (non-hydrogen) atoms. The van der Waals surface area contributed by atoms with E-state index in [4.69, 9.17) is 5.73 Å². The zero-order valence-corrected chi connectivity index (χ0v) is 12.7. The van der Waals surface area contributed by atoms with Crippen LogP contribution in [0.3, 0.4) is 0 Å². The molecule has 1 rings (SSSR count). The molecule has 0 heterocycles. The molecule has 1 atom stereocenters. The Morgan fingerprint density at radius 3 is 2.67 bits per heavy atom. The molecule has 0 aliphatic carbocycles. The minimum atomic E-state index is 0.199. The second kappa shape index (κ2) is 6.77. The molecule has 0 aliphatic rings. The number of nitriles is 1. The molecule has 2 N–H and O–H groups in total. The van der Waals surface area contributed by atoms with Crippen LogP contribution in [-0.2, 0) is 0 Å². The summed E-state index contributed by atoms with van der Waals surface area (Å²) in [4.78, 5) is 2.09. The normalized spacial score (nSPS) is 12.3. The quantitative estimate of drug-likeness (QED) is 0.909. The Morgan fingerprint density at radius 1 is 1.44 bits per heavy atom. The molecule has 98 valence electrons. The fourth-order valence-electron chi connectivity index (χ4n) is 1.74. The van der Waals surface area contributed by atoms with Crippen LogP contribution in [0.5, 0.6) is 0 Å². The van der Waals surface area contributed by atoms with Crippen LogP contribution in [0.25, 0.3) is 0 Å². The molecule has 0 spiro atoms. The van der Waals surface area contributed by atoms with E-state index < -0.39 is 0 Å². The minimum absolute atomic E-state index is 0.199. The summed E-state index contributed by atoms with van der Waals surface area (Å²) in [6, 6.07) is 8.23. The Kier molecular flexibility index (Phi) is 5.64. The lowest BCUT2D eigenvalue weighted by Crippen LogP contribution is -2.32. The van der Waals surface area contributed by atoms with Gasteiger partial charge >= 0.3 is 0 Å². The molecule has 0 radical (unpaired) electrons. The molecule has 0 saturated heterocycles. The van der Waals surface area contributed by atoms with Gasteiger partial charge in [-0.05, 0) is 40.4 Å². The van der Waals surface area contributed by atoms with Crippen molar-refractivity contribution in [2.24, 2.45) is 11.7 Å². The van der Waals surface area contributed by atoms with E-state index in [2.05, 4.69) is 40.7 Å². The summed E-state index contributed by atoms with van der Waals surface area (Å²) in [6.07, 6.45) is 0.922. The highest BCUT2D eigenvalue weighted by Crippen LogP contribution is 2.26. The molecule has 0 fully saturated rings. The van der Waals surface area contributed by atoms with Crippen molar-refractivity contribution < 1.29 is 0 Å². The van der Waals surface area contributed by atoms with Crippen LogP contribution >= 0.6 is 15.9 Å². The molecule has 0 amide bonds. The van der Waals surface area contributed by atoms with Gasteiger partial charge in [-0.15, -0.1) is 0 Å². The first-order chi connectivity index (χ1) is 8.47. The number of anilines is 1. The molecular weight excluding hydrogens is 290 g/mol. The monoisotopic (exact) mass is 309 g/mol. The van der Waals surface area contributed by atoms with Gasteiger partial charge < -0.3 is 10.6 Å². The molecule has 3 nitrogen and oxygen atoms in total. The Bertz CT molecular complexity index is 437. The lowest BCUT2D eigenvalue weighted by atomic mass is 10.0. The average Bonchev–Trinajstić information content (AvgIpc) is 2.34. The van der Waals surface area contributed by atoms with Crippen LogP contribution in [0.2, 0.25) is 0 Å². The van der Waals surface area contributed by atoms with Crippen LogP contribution < -0.4 is 10.6 Å². The third-order valence-electron chi connectivity index (χ3n) is 3.17. The molecular formula is C14H20BrN3. The van der Waals surface area contributed by atoms with Gasteiger partial charge in [0.1, 0.15) is 6.07 Å². The van der Waals surface area contributed by atoms with E-state index in [-0.39, 0.29) is 6.04 Å². The zero-order valence-electron chi connectivity index (χ0n) is 11.2. The molecule has 0 saturated carbocycles. The second-order valence-electron chi connectivity index (χ2n) is 4.86. The summed E-state index contributed by atoms with van der Waals surface area (Å²) < 4.78 is 0.836. The molecule has 1 unspecified atom stereocenters. The average molecular weight is 310 g/mol. The van der Waals surface area contributed by atoms with Gasteiger partial charge in [-0.2, -0.15) is 5.26 Å². The topological polar surface area (TPSA) is 53.0 Å². The van der Waals surface area contributed by atoms with Crippen molar-refractivity contribution in [3.63, 3.8) is 0 Å². The molecule has 0 aliphatic heterocycles. The maximum atomic E-state index is 9.18. The maximum absolute atomic E-state index is 9.18. The Morgan fingerprint density at radius 2 is 2.11 bits per heavy atom. The van der Waals surface area contributed by atoms with Crippen molar-refractivity contribution in [2.45, 2.75) is 26.3 Å². The van der Waals surface area contributed by atoms with Gasteiger partial charge in [0, 0.05) is 24.1 Å². The summed E-state index contributed by atoms with van der Waals surface area (Å²) in [5, 5.41) is 9.18. The van der Waals surface area contributed by atoms with Crippen LogP contribution in [0, 0.1) is 17.2 Å². The maximum Gasteiger partial charge on any atom is 0.103 e. The molecule has 4 heteroatoms. The van der Waals surface area contributed by atoms with Crippen LogP contribution in [0.15, 0.2) is 22.7 Å². The number of benzene rings is 1. The van der Waals surface area contributed by atoms with E-state index in [1.54, 1.807) is 0 Å². The number of nitrogens with two attached hydrogens (primary N) is 1. The summed E-state index contributed by atoms with van der Waals surface area (Å²) in [5.41, 5.74) is 7.67. The Labute approximate surface area is 118 Å². The zero-order chi connectivity index (χ0) is 13.7. The van der Waals surface area contributed by atoms with Gasteiger partial charge in [0.15, 0.2) is 0 Å². The highest BCUT2D eigenvalue weighted by Gasteiger charge is 2.13. The first-order valence-electron chi connectivity index (χ1n) is 6.12. The SMILES string of the molecule is CC(C)C(N)CCN(C)c1cccc(Br)c1C#N. The molecule has 0 aromatic heterocycles. The first-order valence-corrected chi connectivity index (χ1v) is 6.92. The standard InChI is InChI=1S/C14H20BrN3/c1-10(2)13(17)7-8-18(3)14-6-4-5-12(15)11(14)9-16/h4-6,10,13H,7-8,17H2,1-3H3. The smallest absolute Gasteiger partial charge is 0.103 e. The van der Waals surface area contributed by atoms with Crippen molar-refractivity contribution in [1.29, 1.82) is 5.26 Å². The van der Waals surface area contributed by atoms with Crippen molar-refractivity contribution in [3.8, 4) is 6.07 Å². The number of rotatable bonds is 5. The molecule has 1 aromatic rings.